The maximum atomic E-state index is 5.92. The molecule has 1 saturated heterocycles. The molecule has 2 fully saturated rings. The molecular weight excluding hydrogens is 196 g/mol. The Morgan fingerprint density at radius 1 is 1.29 bits per heavy atom. The smallest absolute Gasteiger partial charge is 0.0180 e. The fourth-order valence-electron chi connectivity index (χ4n) is 2.86. The molecule has 2 nitrogen and oxygen atoms in total. The third-order valence-electron chi connectivity index (χ3n) is 3.72. The fraction of sp³-hybridized carbons (Fsp3) is 1.00. The Labute approximate surface area is 93.6 Å². The highest BCUT2D eigenvalue weighted by molar-refractivity contribution is 5.85. The molecule has 0 spiro atoms. The molecule has 2 rings (SSSR count). The number of hydrogen-bond donors (Lipinski definition) is 1. The van der Waals surface area contributed by atoms with Gasteiger partial charge in [-0.3, -0.25) is 4.90 Å². The third kappa shape index (κ3) is 2.62. The van der Waals surface area contributed by atoms with Crippen molar-refractivity contribution >= 4 is 12.4 Å². The van der Waals surface area contributed by atoms with Crippen molar-refractivity contribution in [3.63, 3.8) is 0 Å². The average molecular weight is 219 g/mol. The van der Waals surface area contributed by atoms with Crippen LogP contribution in [0.3, 0.4) is 0 Å². The zero-order chi connectivity index (χ0) is 9.47. The van der Waals surface area contributed by atoms with E-state index in [-0.39, 0.29) is 12.4 Å². The highest BCUT2D eigenvalue weighted by Crippen LogP contribution is 2.40. The minimum Gasteiger partial charge on any atom is -0.326 e. The first-order valence-corrected chi connectivity index (χ1v) is 5.56. The van der Waals surface area contributed by atoms with E-state index in [9.17, 15) is 0 Å². The van der Waals surface area contributed by atoms with Gasteiger partial charge in [0.25, 0.3) is 0 Å². The Hall–Kier alpha value is 0.210. The lowest BCUT2D eigenvalue weighted by Crippen LogP contribution is -2.34. The highest BCUT2D eigenvalue weighted by Gasteiger charge is 2.36. The number of nitrogens with two attached hydrogens (primary N) is 1. The number of nitrogens with zero attached hydrogens (tertiary/aromatic N) is 1. The fourth-order valence-corrected chi connectivity index (χ4v) is 2.86. The van der Waals surface area contributed by atoms with Crippen LogP contribution in [-0.4, -0.2) is 30.1 Å². The monoisotopic (exact) mass is 218 g/mol. The Balaban J connectivity index is 0.000000980. The van der Waals surface area contributed by atoms with Crippen LogP contribution >= 0.6 is 12.4 Å². The summed E-state index contributed by atoms with van der Waals surface area (Å²) in [6, 6.07) is 1.28. The van der Waals surface area contributed by atoms with Crippen LogP contribution in [0.5, 0.6) is 0 Å². The molecule has 0 radical (unpaired) electrons. The molecule has 0 aromatic heterocycles. The second-order valence-corrected chi connectivity index (χ2v) is 5.60. The van der Waals surface area contributed by atoms with Crippen molar-refractivity contribution < 1.29 is 0 Å². The summed E-state index contributed by atoms with van der Waals surface area (Å²) in [6.07, 6.45) is 5.36. The summed E-state index contributed by atoms with van der Waals surface area (Å²) in [6.45, 7) is 7.16. The van der Waals surface area contributed by atoms with E-state index in [4.69, 9.17) is 5.73 Å². The zero-order valence-electron chi connectivity index (χ0n) is 9.33. The molecule has 0 amide bonds. The topological polar surface area (TPSA) is 29.3 Å². The second kappa shape index (κ2) is 4.38. The van der Waals surface area contributed by atoms with Crippen LogP contribution in [0, 0.1) is 5.41 Å². The molecule has 0 bridgehead atoms. The van der Waals surface area contributed by atoms with Gasteiger partial charge in [0, 0.05) is 25.2 Å². The third-order valence-corrected chi connectivity index (χ3v) is 3.72. The molecule has 0 aromatic rings. The first-order chi connectivity index (χ1) is 6.07. The highest BCUT2D eigenvalue weighted by atomic mass is 35.5. The van der Waals surface area contributed by atoms with Gasteiger partial charge >= 0.3 is 0 Å². The largest absolute Gasteiger partial charge is 0.326 e. The minimum absolute atomic E-state index is 0. The van der Waals surface area contributed by atoms with Gasteiger partial charge in [-0.2, -0.15) is 0 Å². The van der Waals surface area contributed by atoms with Crippen molar-refractivity contribution in [3.8, 4) is 0 Å². The predicted octanol–water partition coefficient (Wildman–Crippen LogP) is 2.02. The van der Waals surface area contributed by atoms with Crippen LogP contribution in [0.2, 0.25) is 0 Å². The van der Waals surface area contributed by atoms with E-state index < -0.39 is 0 Å². The van der Waals surface area contributed by atoms with Crippen molar-refractivity contribution in [3.05, 3.63) is 0 Å². The van der Waals surface area contributed by atoms with E-state index in [1.54, 1.807) is 0 Å². The maximum Gasteiger partial charge on any atom is 0.0180 e. The number of halogens is 1. The quantitative estimate of drug-likeness (QED) is 0.730. The van der Waals surface area contributed by atoms with Gasteiger partial charge in [0.15, 0.2) is 0 Å². The summed E-state index contributed by atoms with van der Waals surface area (Å²) < 4.78 is 0. The Morgan fingerprint density at radius 2 is 2.00 bits per heavy atom. The van der Waals surface area contributed by atoms with Crippen LogP contribution < -0.4 is 5.73 Å². The summed E-state index contributed by atoms with van der Waals surface area (Å²) in [7, 11) is 0. The predicted molar refractivity (Wildman–Crippen MR) is 62.8 cm³/mol. The molecule has 0 aromatic carbocycles. The maximum absolute atomic E-state index is 5.92. The Bertz CT molecular complexity index is 194. The van der Waals surface area contributed by atoms with Gasteiger partial charge in [-0.1, -0.05) is 13.8 Å². The van der Waals surface area contributed by atoms with Gasteiger partial charge in [-0.25, -0.2) is 0 Å². The van der Waals surface area contributed by atoms with Crippen molar-refractivity contribution in [2.45, 2.75) is 51.6 Å². The Kier molecular flexibility index (Phi) is 3.84. The van der Waals surface area contributed by atoms with Crippen molar-refractivity contribution in [2.75, 3.05) is 13.1 Å². The SMILES string of the molecule is CC1(C)CCC(N2CC[C@@H](N)C2)C1.Cl. The van der Waals surface area contributed by atoms with Gasteiger partial charge in [-0.15, -0.1) is 12.4 Å². The van der Waals surface area contributed by atoms with Gasteiger partial charge < -0.3 is 5.73 Å². The van der Waals surface area contributed by atoms with Gasteiger partial charge in [0.2, 0.25) is 0 Å². The number of rotatable bonds is 1. The molecule has 1 saturated carbocycles. The van der Waals surface area contributed by atoms with Gasteiger partial charge in [-0.05, 0) is 31.1 Å². The molecule has 2 atom stereocenters. The average Bonchev–Trinajstić information content (AvgIpc) is 2.56. The molecule has 84 valence electrons. The molecule has 3 heteroatoms. The molecular formula is C11H23ClN2. The standard InChI is InChI=1S/C11H22N2.ClH/c1-11(2)5-3-10(7-11)13-6-4-9(12)8-13;/h9-10H,3-8,12H2,1-2H3;1H/t9-,10?;/m1./s1. The molecule has 2 N–H and O–H groups in total. The van der Waals surface area contributed by atoms with Crippen LogP contribution in [0.15, 0.2) is 0 Å². The number of likely N-dealkylation sites (tertiary alicyclic amines) is 1. The van der Waals surface area contributed by atoms with Crippen LogP contribution in [-0.2, 0) is 0 Å². The minimum atomic E-state index is 0. The van der Waals surface area contributed by atoms with Gasteiger partial charge in [0.1, 0.15) is 0 Å². The lowest BCUT2D eigenvalue weighted by molar-refractivity contribution is 0.225. The second-order valence-electron chi connectivity index (χ2n) is 5.60. The summed E-state index contributed by atoms with van der Waals surface area (Å²) >= 11 is 0. The van der Waals surface area contributed by atoms with E-state index in [0.717, 1.165) is 12.6 Å². The van der Waals surface area contributed by atoms with E-state index in [2.05, 4.69) is 18.7 Å². The van der Waals surface area contributed by atoms with Crippen molar-refractivity contribution in [1.29, 1.82) is 0 Å². The normalized spacial score (nSPS) is 37.1. The van der Waals surface area contributed by atoms with Gasteiger partial charge in [0.05, 0.1) is 0 Å². The summed E-state index contributed by atoms with van der Waals surface area (Å²) in [5, 5.41) is 0. The summed E-state index contributed by atoms with van der Waals surface area (Å²) in [5.74, 6) is 0. The van der Waals surface area contributed by atoms with E-state index >= 15 is 0 Å². The lowest BCUT2D eigenvalue weighted by Gasteiger charge is -2.25. The van der Waals surface area contributed by atoms with Crippen LogP contribution in [0.25, 0.3) is 0 Å². The summed E-state index contributed by atoms with van der Waals surface area (Å²) in [4.78, 5) is 2.61. The molecule has 1 unspecified atom stereocenters. The molecule has 1 aliphatic carbocycles. The van der Waals surface area contributed by atoms with E-state index in [1.807, 2.05) is 0 Å². The molecule has 2 aliphatic rings. The van der Waals surface area contributed by atoms with E-state index in [1.165, 1.54) is 32.2 Å². The summed E-state index contributed by atoms with van der Waals surface area (Å²) in [5.41, 5.74) is 6.50. The Morgan fingerprint density at radius 3 is 2.43 bits per heavy atom. The molecule has 14 heavy (non-hydrogen) atoms. The van der Waals surface area contributed by atoms with Crippen LogP contribution in [0.4, 0.5) is 0 Å². The molecule has 1 heterocycles. The first kappa shape index (κ1) is 12.3. The lowest BCUT2D eigenvalue weighted by atomic mass is 9.91. The van der Waals surface area contributed by atoms with Crippen molar-refractivity contribution in [2.24, 2.45) is 11.1 Å². The molecule has 1 aliphatic heterocycles. The van der Waals surface area contributed by atoms with E-state index in [0.29, 0.717) is 11.5 Å². The first-order valence-electron chi connectivity index (χ1n) is 5.56. The van der Waals surface area contributed by atoms with Crippen molar-refractivity contribution in [1.82, 2.24) is 4.90 Å². The number of hydrogen-bond acceptors (Lipinski definition) is 2. The zero-order valence-corrected chi connectivity index (χ0v) is 10.1. The van der Waals surface area contributed by atoms with Crippen LogP contribution in [0.1, 0.15) is 39.5 Å².